The number of hydrogen-bond donors (Lipinski definition) is 1. The van der Waals surface area contributed by atoms with Crippen molar-refractivity contribution in [3.8, 4) is 0 Å². The molecule has 1 heterocycles. The zero-order chi connectivity index (χ0) is 21.0. The largest absolute Gasteiger partial charge is 0.327 e. The van der Waals surface area contributed by atoms with E-state index >= 15 is 0 Å². The lowest BCUT2D eigenvalue weighted by atomic mass is 10.1. The molecule has 6 heteroatoms. The van der Waals surface area contributed by atoms with Gasteiger partial charge in [0.15, 0.2) is 5.78 Å². The van der Waals surface area contributed by atoms with Gasteiger partial charge in [-0.25, -0.2) is 9.97 Å². The number of amides is 1. The van der Waals surface area contributed by atoms with Gasteiger partial charge in [0.05, 0.1) is 0 Å². The number of Topliss-reactive ketones (excluding diaryl/α,β-unsaturated/α-hetero) is 1. The molecule has 3 aromatic rings. The van der Waals surface area contributed by atoms with E-state index < -0.39 is 0 Å². The lowest BCUT2D eigenvalue weighted by Crippen LogP contribution is -2.21. The van der Waals surface area contributed by atoms with E-state index in [-0.39, 0.29) is 17.4 Å². The maximum atomic E-state index is 12.8. The number of ketones is 1. The molecule has 2 aromatic carbocycles. The third-order valence-corrected chi connectivity index (χ3v) is 4.51. The van der Waals surface area contributed by atoms with E-state index in [9.17, 15) is 9.59 Å². The molecule has 29 heavy (non-hydrogen) atoms. The van der Waals surface area contributed by atoms with Crippen LogP contribution >= 0.6 is 0 Å². The summed E-state index contributed by atoms with van der Waals surface area (Å²) in [6.45, 7) is 8.06. The summed E-state index contributed by atoms with van der Waals surface area (Å²) in [5.41, 5.74) is 3.65. The van der Waals surface area contributed by atoms with Crippen molar-refractivity contribution in [1.29, 1.82) is 0 Å². The molecule has 0 atom stereocenters. The number of rotatable bonds is 6. The highest BCUT2D eigenvalue weighted by atomic mass is 16.2. The van der Waals surface area contributed by atoms with Gasteiger partial charge in [0.1, 0.15) is 17.3 Å². The van der Waals surface area contributed by atoms with Crippen molar-refractivity contribution in [2.75, 3.05) is 16.8 Å². The summed E-state index contributed by atoms with van der Waals surface area (Å²) in [7, 11) is 0. The van der Waals surface area contributed by atoms with Crippen LogP contribution in [0.25, 0.3) is 0 Å². The minimum Gasteiger partial charge on any atom is -0.327 e. The van der Waals surface area contributed by atoms with Crippen LogP contribution < -0.4 is 10.2 Å². The van der Waals surface area contributed by atoms with Gasteiger partial charge in [-0.15, -0.1) is 0 Å². The second-order valence-corrected chi connectivity index (χ2v) is 6.83. The molecule has 0 aliphatic heterocycles. The standard InChI is InChI=1S/C23H24N4O2/c1-5-27(20-8-6-7-15(2)13-20)22-14-21(24-17(4)25-22)23(29)26-19-11-9-18(10-12-19)16(3)28/h6-14H,5H2,1-4H3,(H,26,29). The van der Waals surface area contributed by atoms with Crippen LogP contribution in [0.2, 0.25) is 0 Å². The number of aromatic nitrogens is 2. The van der Waals surface area contributed by atoms with Gasteiger partial charge in [-0.1, -0.05) is 12.1 Å². The lowest BCUT2D eigenvalue weighted by Gasteiger charge is -2.23. The first kappa shape index (κ1) is 20.2. The van der Waals surface area contributed by atoms with Crippen molar-refractivity contribution >= 4 is 28.9 Å². The molecule has 3 rings (SSSR count). The topological polar surface area (TPSA) is 75.2 Å². The number of anilines is 3. The fourth-order valence-corrected chi connectivity index (χ4v) is 3.06. The number of carbonyl (C=O) groups is 2. The number of nitrogens with zero attached hydrogens (tertiary/aromatic N) is 3. The number of nitrogens with one attached hydrogen (secondary N) is 1. The Balaban J connectivity index is 1.87. The average Bonchev–Trinajstić information content (AvgIpc) is 2.68. The third kappa shape index (κ3) is 4.85. The summed E-state index contributed by atoms with van der Waals surface area (Å²) in [5, 5.41) is 2.83. The fourth-order valence-electron chi connectivity index (χ4n) is 3.06. The summed E-state index contributed by atoms with van der Waals surface area (Å²) in [5.74, 6) is 0.843. The zero-order valence-corrected chi connectivity index (χ0v) is 17.1. The molecule has 0 radical (unpaired) electrons. The Bertz CT molecular complexity index is 1040. The Morgan fingerprint density at radius 2 is 1.72 bits per heavy atom. The highest BCUT2D eigenvalue weighted by molar-refractivity contribution is 6.03. The summed E-state index contributed by atoms with van der Waals surface area (Å²) in [4.78, 5) is 35.0. The van der Waals surface area contributed by atoms with Crippen LogP contribution in [-0.4, -0.2) is 28.2 Å². The normalized spacial score (nSPS) is 10.5. The van der Waals surface area contributed by atoms with Crippen molar-refractivity contribution in [3.05, 3.63) is 77.2 Å². The first-order valence-corrected chi connectivity index (χ1v) is 9.49. The van der Waals surface area contributed by atoms with E-state index in [1.165, 1.54) is 6.92 Å². The molecule has 148 valence electrons. The first-order valence-electron chi connectivity index (χ1n) is 9.49. The summed E-state index contributed by atoms with van der Waals surface area (Å²) in [6.07, 6.45) is 0. The van der Waals surface area contributed by atoms with Gasteiger partial charge < -0.3 is 10.2 Å². The summed E-state index contributed by atoms with van der Waals surface area (Å²) in [6, 6.07) is 16.6. The minimum absolute atomic E-state index is 0.0188. The Kier molecular flexibility index (Phi) is 6.02. The highest BCUT2D eigenvalue weighted by Crippen LogP contribution is 2.25. The van der Waals surface area contributed by atoms with Gasteiger partial charge in [0.25, 0.3) is 5.91 Å². The van der Waals surface area contributed by atoms with Crippen LogP contribution in [0.1, 0.15) is 46.1 Å². The van der Waals surface area contributed by atoms with Crippen LogP contribution in [0, 0.1) is 13.8 Å². The molecular weight excluding hydrogens is 364 g/mol. The SMILES string of the molecule is CCN(c1cccc(C)c1)c1cc(C(=O)Nc2ccc(C(C)=O)cc2)nc(C)n1. The molecular formula is C23H24N4O2. The molecule has 0 aliphatic carbocycles. The Hall–Kier alpha value is -3.54. The van der Waals surface area contributed by atoms with Gasteiger partial charge in [0.2, 0.25) is 0 Å². The quantitative estimate of drug-likeness (QED) is 0.619. The second-order valence-electron chi connectivity index (χ2n) is 6.83. The predicted octanol–water partition coefficient (Wildman–Crippen LogP) is 4.71. The van der Waals surface area contributed by atoms with Crippen molar-refractivity contribution in [2.24, 2.45) is 0 Å². The van der Waals surface area contributed by atoms with Gasteiger partial charge >= 0.3 is 0 Å². The van der Waals surface area contributed by atoms with Gasteiger partial charge in [-0.3, -0.25) is 9.59 Å². The summed E-state index contributed by atoms with van der Waals surface area (Å²) >= 11 is 0. The number of aryl methyl sites for hydroxylation is 2. The molecule has 0 spiro atoms. The molecule has 1 amide bonds. The monoisotopic (exact) mass is 388 g/mol. The van der Waals surface area contributed by atoms with E-state index in [0.29, 0.717) is 29.4 Å². The molecule has 6 nitrogen and oxygen atoms in total. The zero-order valence-electron chi connectivity index (χ0n) is 17.1. The van der Waals surface area contributed by atoms with Crippen molar-refractivity contribution in [3.63, 3.8) is 0 Å². The molecule has 0 saturated carbocycles. The average molecular weight is 388 g/mol. The van der Waals surface area contributed by atoms with Crippen LogP contribution in [0.3, 0.4) is 0 Å². The van der Waals surface area contributed by atoms with E-state index in [4.69, 9.17) is 0 Å². The Morgan fingerprint density at radius 1 is 1.00 bits per heavy atom. The van der Waals surface area contributed by atoms with Crippen LogP contribution in [0.15, 0.2) is 54.6 Å². The highest BCUT2D eigenvalue weighted by Gasteiger charge is 2.15. The van der Waals surface area contributed by atoms with Gasteiger partial charge in [-0.2, -0.15) is 0 Å². The van der Waals surface area contributed by atoms with Crippen LogP contribution in [0.4, 0.5) is 17.2 Å². The maximum Gasteiger partial charge on any atom is 0.274 e. The molecule has 1 N–H and O–H groups in total. The molecule has 0 unspecified atom stereocenters. The first-order chi connectivity index (χ1) is 13.9. The maximum absolute atomic E-state index is 12.8. The molecule has 0 saturated heterocycles. The van der Waals surface area contributed by atoms with Crippen molar-refractivity contribution in [1.82, 2.24) is 9.97 Å². The van der Waals surface area contributed by atoms with E-state index in [2.05, 4.69) is 21.4 Å². The fraction of sp³-hybridized carbons (Fsp3) is 0.217. The number of carbonyl (C=O) groups excluding carboxylic acids is 2. The Morgan fingerprint density at radius 3 is 2.34 bits per heavy atom. The van der Waals surface area contributed by atoms with Crippen molar-refractivity contribution in [2.45, 2.75) is 27.7 Å². The van der Waals surface area contributed by atoms with Gasteiger partial charge in [0, 0.05) is 29.5 Å². The molecule has 0 bridgehead atoms. The smallest absolute Gasteiger partial charge is 0.274 e. The Labute approximate surface area is 170 Å². The number of benzene rings is 2. The minimum atomic E-state index is -0.326. The van der Waals surface area contributed by atoms with Crippen LogP contribution in [-0.2, 0) is 0 Å². The summed E-state index contributed by atoms with van der Waals surface area (Å²) < 4.78 is 0. The lowest BCUT2D eigenvalue weighted by molar-refractivity contribution is 0.101. The van der Waals surface area contributed by atoms with Crippen molar-refractivity contribution < 1.29 is 9.59 Å². The van der Waals surface area contributed by atoms with Gasteiger partial charge in [-0.05, 0) is 69.7 Å². The predicted molar refractivity (Wildman–Crippen MR) is 115 cm³/mol. The number of hydrogen-bond acceptors (Lipinski definition) is 5. The van der Waals surface area contributed by atoms with E-state index in [1.807, 2.05) is 36.9 Å². The molecule has 0 fully saturated rings. The molecule has 1 aromatic heterocycles. The van der Waals surface area contributed by atoms with E-state index in [1.54, 1.807) is 37.3 Å². The third-order valence-electron chi connectivity index (χ3n) is 4.51. The van der Waals surface area contributed by atoms with Crippen LogP contribution in [0.5, 0.6) is 0 Å². The second kappa shape index (κ2) is 8.65. The van der Waals surface area contributed by atoms with E-state index in [0.717, 1.165) is 11.3 Å². The molecule has 0 aliphatic rings.